The average Bonchev–Trinajstić information content (AvgIpc) is 2.89. The number of hydrogen-bond donors (Lipinski definition) is 0. The molecule has 0 saturated heterocycles. The Labute approximate surface area is 119 Å². The predicted molar refractivity (Wildman–Crippen MR) is 79.8 cm³/mol. The summed E-state index contributed by atoms with van der Waals surface area (Å²) in [5.41, 5.74) is 6.02. The molecule has 1 heteroatoms. The van der Waals surface area contributed by atoms with Crippen molar-refractivity contribution in [3.8, 4) is 0 Å². The zero-order chi connectivity index (χ0) is 13.3. The summed E-state index contributed by atoms with van der Waals surface area (Å²) in [5.74, 6) is 1.83. The molecule has 0 amide bonds. The minimum atomic E-state index is 0.121. The number of pyridine rings is 1. The van der Waals surface area contributed by atoms with E-state index in [0.717, 1.165) is 0 Å². The van der Waals surface area contributed by atoms with Gasteiger partial charge in [-0.1, -0.05) is 49.4 Å². The lowest BCUT2D eigenvalue weighted by Gasteiger charge is -2.49. The fourth-order valence-electron chi connectivity index (χ4n) is 4.97. The highest BCUT2D eigenvalue weighted by Gasteiger charge is 2.54. The van der Waals surface area contributed by atoms with Crippen molar-refractivity contribution >= 4 is 0 Å². The van der Waals surface area contributed by atoms with Crippen molar-refractivity contribution in [2.45, 2.75) is 30.6 Å². The lowest BCUT2D eigenvalue weighted by atomic mass is 9.54. The smallest absolute Gasteiger partial charge is 0.0516 e. The second kappa shape index (κ2) is 3.41. The topological polar surface area (TPSA) is 12.9 Å². The van der Waals surface area contributed by atoms with E-state index in [1.54, 1.807) is 11.1 Å². The number of aromatic nitrogens is 1. The maximum Gasteiger partial charge on any atom is 0.0516 e. The van der Waals surface area contributed by atoms with Gasteiger partial charge in [0.25, 0.3) is 0 Å². The Balaban J connectivity index is 1.81. The third-order valence-corrected chi connectivity index (χ3v) is 5.77. The Bertz CT molecular complexity index is 745. The molecule has 1 nitrogen and oxygen atoms in total. The molecule has 0 radical (unpaired) electrons. The lowest BCUT2D eigenvalue weighted by Crippen LogP contribution is -2.43. The van der Waals surface area contributed by atoms with Crippen LogP contribution in [-0.4, -0.2) is 4.98 Å². The fourth-order valence-corrected chi connectivity index (χ4v) is 4.97. The molecule has 4 aliphatic rings. The summed E-state index contributed by atoms with van der Waals surface area (Å²) in [6, 6.07) is 13.4. The molecule has 4 atom stereocenters. The predicted octanol–water partition coefficient (Wildman–Crippen LogP) is 3.96. The normalized spacial score (nSPS) is 35.5. The molecule has 0 aliphatic heterocycles. The van der Waals surface area contributed by atoms with Crippen LogP contribution in [0.25, 0.3) is 0 Å². The van der Waals surface area contributed by atoms with E-state index in [-0.39, 0.29) is 5.41 Å². The minimum absolute atomic E-state index is 0.121. The van der Waals surface area contributed by atoms with E-state index in [4.69, 9.17) is 4.98 Å². The monoisotopic (exact) mass is 259 g/mol. The second-order valence-electron chi connectivity index (χ2n) is 6.65. The van der Waals surface area contributed by atoms with Crippen LogP contribution in [0.1, 0.15) is 41.1 Å². The van der Waals surface area contributed by atoms with Gasteiger partial charge in [0.15, 0.2) is 0 Å². The quantitative estimate of drug-likeness (QED) is 0.652. The van der Waals surface area contributed by atoms with E-state index < -0.39 is 0 Å². The van der Waals surface area contributed by atoms with Gasteiger partial charge in [0.05, 0.1) is 5.69 Å². The van der Waals surface area contributed by atoms with Crippen LogP contribution in [0.15, 0.2) is 54.7 Å². The van der Waals surface area contributed by atoms with E-state index in [0.29, 0.717) is 17.8 Å². The van der Waals surface area contributed by atoms with Crippen molar-refractivity contribution in [2.75, 3.05) is 0 Å². The Hall–Kier alpha value is -1.89. The van der Waals surface area contributed by atoms with Gasteiger partial charge in [-0.15, -0.1) is 0 Å². The molecular formula is C19H17N. The number of hydrogen-bond acceptors (Lipinski definition) is 1. The summed E-state index contributed by atoms with van der Waals surface area (Å²) in [4.78, 5) is 4.72. The summed E-state index contributed by atoms with van der Waals surface area (Å²) >= 11 is 0. The first-order chi connectivity index (χ1) is 9.79. The summed E-state index contributed by atoms with van der Waals surface area (Å²) < 4.78 is 0. The molecule has 6 rings (SSSR count). The van der Waals surface area contributed by atoms with Crippen LogP contribution >= 0.6 is 0 Å². The highest BCUT2D eigenvalue weighted by Crippen LogP contribution is 2.62. The summed E-state index contributed by atoms with van der Waals surface area (Å²) in [6.07, 6.45) is 8.03. The van der Waals surface area contributed by atoms with E-state index in [9.17, 15) is 0 Å². The van der Waals surface area contributed by atoms with Gasteiger partial charge in [0.2, 0.25) is 0 Å². The van der Waals surface area contributed by atoms with Gasteiger partial charge < -0.3 is 0 Å². The van der Waals surface area contributed by atoms with Crippen molar-refractivity contribution in [1.29, 1.82) is 0 Å². The first-order valence-corrected chi connectivity index (χ1v) is 7.51. The molecule has 4 unspecified atom stereocenters. The van der Waals surface area contributed by atoms with Gasteiger partial charge >= 0.3 is 0 Å². The zero-order valence-corrected chi connectivity index (χ0v) is 11.6. The van der Waals surface area contributed by atoms with E-state index in [2.05, 4.69) is 55.5 Å². The third kappa shape index (κ3) is 1.09. The molecule has 0 fully saturated rings. The number of nitrogens with zero attached hydrogens (tertiary/aromatic N) is 1. The zero-order valence-electron chi connectivity index (χ0n) is 11.6. The molecule has 0 N–H and O–H groups in total. The largest absolute Gasteiger partial charge is 0.260 e. The van der Waals surface area contributed by atoms with Crippen LogP contribution in [0, 0.1) is 5.92 Å². The molecule has 0 saturated carbocycles. The fraction of sp³-hybridized carbons (Fsp3) is 0.316. The highest BCUT2D eigenvalue weighted by molar-refractivity contribution is 5.55. The summed E-state index contributed by atoms with van der Waals surface area (Å²) in [7, 11) is 0. The van der Waals surface area contributed by atoms with Gasteiger partial charge in [-0.25, -0.2) is 0 Å². The lowest BCUT2D eigenvalue weighted by molar-refractivity contribution is 0.269. The first-order valence-electron chi connectivity index (χ1n) is 7.51. The standard InChI is InChI=1S/C19H17N/c1-19-9-8-14(18-16(19)7-4-10-20-18)15-11-12-5-2-3-6-13(12)17(15)19/h2-10,14-15,17H,11H2,1H3. The molecule has 2 aromatic rings. The van der Waals surface area contributed by atoms with Crippen LogP contribution in [0.5, 0.6) is 0 Å². The molecule has 98 valence electrons. The molecule has 1 aromatic carbocycles. The van der Waals surface area contributed by atoms with Gasteiger partial charge in [-0.2, -0.15) is 0 Å². The number of benzene rings is 1. The average molecular weight is 259 g/mol. The van der Waals surface area contributed by atoms with Gasteiger partial charge in [-0.05, 0) is 35.1 Å². The maximum atomic E-state index is 4.72. The van der Waals surface area contributed by atoms with Crippen molar-refractivity contribution in [1.82, 2.24) is 4.98 Å². The Morgan fingerprint density at radius 3 is 3.00 bits per heavy atom. The molecule has 1 heterocycles. The third-order valence-electron chi connectivity index (χ3n) is 5.77. The van der Waals surface area contributed by atoms with Crippen molar-refractivity contribution < 1.29 is 0 Å². The SMILES string of the molecule is CC12C=CC(c3ncccc31)C1Cc3ccccc3C12. The molecular weight excluding hydrogens is 242 g/mol. The van der Waals surface area contributed by atoms with Crippen molar-refractivity contribution in [3.05, 3.63) is 77.1 Å². The van der Waals surface area contributed by atoms with Crippen LogP contribution in [0.4, 0.5) is 0 Å². The van der Waals surface area contributed by atoms with Crippen molar-refractivity contribution in [2.24, 2.45) is 5.92 Å². The summed E-state index contributed by atoms with van der Waals surface area (Å²) in [5, 5.41) is 0. The van der Waals surface area contributed by atoms with Crippen LogP contribution < -0.4 is 0 Å². The maximum absolute atomic E-state index is 4.72. The number of rotatable bonds is 0. The Morgan fingerprint density at radius 2 is 2.05 bits per heavy atom. The van der Waals surface area contributed by atoms with Gasteiger partial charge in [-0.3, -0.25) is 4.98 Å². The van der Waals surface area contributed by atoms with Crippen LogP contribution in [0.2, 0.25) is 0 Å². The molecule has 20 heavy (non-hydrogen) atoms. The second-order valence-corrected chi connectivity index (χ2v) is 6.65. The van der Waals surface area contributed by atoms with E-state index in [1.807, 2.05) is 6.20 Å². The number of allylic oxidation sites excluding steroid dienone is 2. The van der Waals surface area contributed by atoms with Crippen molar-refractivity contribution in [3.63, 3.8) is 0 Å². The van der Waals surface area contributed by atoms with E-state index >= 15 is 0 Å². The van der Waals surface area contributed by atoms with Crippen LogP contribution in [0.3, 0.4) is 0 Å². The number of fused-ring (bicyclic) bond motifs is 1. The Morgan fingerprint density at radius 1 is 1.15 bits per heavy atom. The Kier molecular flexibility index (Phi) is 1.85. The van der Waals surface area contributed by atoms with Gasteiger partial charge in [0, 0.05) is 23.4 Å². The minimum Gasteiger partial charge on any atom is -0.260 e. The molecule has 4 aliphatic carbocycles. The summed E-state index contributed by atoms with van der Waals surface area (Å²) in [6.45, 7) is 2.40. The molecule has 0 spiro atoms. The van der Waals surface area contributed by atoms with Gasteiger partial charge in [0.1, 0.15) is 0 Å². The van der Waals surface area contributed by atoms with E-state index in [1.165, 1.54) is 17.7 Å². The molecule has 2 bridgehead atoms. The highest BCUT2D eigenvalue weighted by atomic mass is 14.7. The van der Waals surface area contributed by atoms with Crippen LogP contribution in [-0.2, 0) is 11.8 Å². The molecule has 1 aromatic heterocycles. The first kappa shape index (κ1) is 10.8.